The molecule has 0 aliphatic carbocycles. The lowest BCUT2D eigenvalue weighted by molar-refractivity contribution is -0.131. The van der Waals surface area contributed by atoms with Gasteiger partial charge in [0.15, 0.2) is 17.3 Å². The number of amides is 2. The van der Waals surface area contributed by atoms with Crippen molar-refractivity contribution in [1.29, 1.82) is 5.26 Å². The van der Waals surface area contributed by atoms with E-state index < -0.39 is 5.82 Å². The number of methoxy groups -OCH3 is 2. The highest BCUT2D eigenvalue weighted by Gasteiger charge is 2.29. The molecule has 3 aromatic heterocycles. The van der Waals surface area contributed by atoms with Crippen LogP contribution in [0.2, 0.25) is 0 Å². The summed E-state index contributed by atoms with van der Waals surface area (Å²) in [7, 11) is 3.03. The molecule has 0 unspecified atom stereocenters. The topological polar surface area (TPSA) is 166 Å². The summed E-state index contributed by atoms with van der Waals surface area (Å²) in [5, 5.41) is 29.2. The number of carbonyl (C=O) groups is 2. The number of H-pyrrole nitrogens is 1. The number of carbonyl (C=O) groups excluding carboxylic acids is 2. The van der Waals surface area contributed by atoms with Gasteiger partial charge in [0, 0.05) is 86.0 Å². The second kappa shape index (κ2) is 15.1. The zero-order valence-electron chi connectivity index (χ0n) is 30.8. The van der Waals surface area contributed by atoms with E-state index in [2.05, 4.69) is 26.3 Å². The fourth-order valence-corrected chi connectivity index (χ4v) is 7.65. The molecule has 2 amide bonds. The predicted octanol–water partition coefficient (Wildman–Crippen LogP) is 5.38. The lowest BCUT2D eigenvalue weighted by Crippen LogP contribution is -2.49. The summed E-state index contributed by atoms with van der Waals surface area (Å²) in [5.41, 5.74) is 4.35. The fraction of sp³-hybridized carbons (Fsp3) is 0.268. The lowest BCUT2D eigenvalue weighted by Gasteiger charge is -2.36. The highest BCUT2D eigenvalue weighted by molar-refractivity contribution is 6.05. The van der Waals surface area contributed by atoms with Crippen molar-refractivity contribution in [3.05, 3.63) is 95.8 Å². The number of para-hydroxylation sites is 1. The number of pyridine rings is 1. The SMILES string of the molecule is COc1cc2c(N3CCN(C(=O)c4cc5c(-c6ccccc6OC)cc(C6=CCCN(C(=O)CCn7ccnn7)C6)c(F)c5[nH]4)CC3)c(C#N)cnc2cc1O. The van der Waals surface area contributed by atoms with Crippen molar-refractivity contribution in [3.63, 3.8) is 0 Å². The first-order chi connectivity index (χ1) is 27.3. The van der Waals surface area contributed by atoms with Gasteiger partial charge in [-0.15, -0.1) is 5.10 Å². The second-order valence-corrected chi connectivity index (χ2v) is 13.7. The number of aromatic nitrogens is 5. The van der Waals surface area contributed by atoms with Crippen LogP contribution in [-0.4, -0.2) is 105 Å². The van der Waals surface area contributed by atoms with Gasteiger partial charge in [-0.05, 0) is 41.8 Å². The van der Waals surface area contributed by atoms with E-state index >= 15 is 4.39 Å². The molecule has 1 fully saturated rings. The number of nitrogens with one attached hydrogen (secondary N) is 1. The number of piperazine rings is 1. The van der Waals surface area contributed by atoms with E-state index in [0.29, 0.717) is 95.7 Å². The summed E-state index contributed by atoms with van der Waals surface area (Å²) in [4.78, 5) is 40.4. The van der Waals surface area contributed by atoms with Crippen LogP contribution in [0.15, 0.2) is 73.2 Å². The average Bonchev–Trinajstić information content (AvgIpc) is 3.94. The zero-order valence-corrected chi connectivity index (χ0v) is 30.8. The Labute approximate surface area is 321 Å². The third kappa shape index (κ3) is 6.59. The third-order valence-electron chi connectivity index (χ3n) is 10.5. The normalized spacial score (nSPS) is 14.5. The van der Waals surface area contributed by atoms with Gasteiger partial charge in [-0.25, -0.2) is 4.39 Å². The van der Waals surface area contributed by atoms with Crippen molar-refractivity contribution in [3.8, 4) is 34.4 Å². The van der Waals surface area contributed by atoms with Crippen molar-refractivity contribution in [2.75, 3.05) is 58.4 Å². The molecule has 2 aliphatic rings. The maximum absolute atomic E-state index is 16.8. The lowest BCUT2D eigenvalue weighted by atomic mass is 9.93. The number of rotatable bonds is 9. The molecule has 0 atom stereocenters. The molecular weight excluding hydrogens is 718 g/mol. The van der Waals surface area contributed by atoms with E-state index in [0.717, 1.165) is 5.56 Å². The monoisotopic (exact) mass is 755 g/mol. The van der Waals surface area contributed by atoms with Crippen molar-refractivity contribution in [2.45, 2.75) is 19.4 Å². The summed E-state index contributed by atoms with van der Waals surface area (Å²) >= 11 is 0. The summed E-state index contributed by atoms with van der Waals surface area (Å²) in [6, 6.07) is 16.3. The summed E-state index contributed by atoms with van der Waals surface area (Å²) in [5.74, 6) is -0.0765. The quantitative estimate of drug-likeness (QED) is 0.196. The highest BCUT2D eigenvalue weighted by atomic mass is 19.1. The molecule has 6 aromatic rings. The summed E-state index contributed by atoms with van der Waals surface area (Å²) in [6.07, 6.45) is 7.51. The molecule has 5 heterocycles. The van der Waals surface area contributed by atoms with Crippen molar-refractivity contribution >= 4 is 44.9 Å². The molecule has 0 radical (unpaired) electrons. The number of anilines is 1. The molecule has 1 saturated heterocycles. The van der Waals surface area contributed by atoms with E-state index in [9.17, 15) is 20.0 Å². The van der Waals surface area contributed by atoms with Gasteiger partial charge >= 0.3 is 0 Å². The largest absolute Gasteiger partial charge is 0.504 e. The predicted molar refractivity (Wildman–Crippen MR) is 207 cm³/mol. The van der Waals surface area contributed by atoms with Crippen LogP contribution >= 0.6 is 0 Å². The number of phenols is 1. The Morgan fingerprint density at radius 3 is 2.52 bits per heavy atom. The molecule has 0 bridgehead atoms. The van der Waals surface area contributed by atoms with Gasteiger partial charge in [-0.2, -0.15) is 5.26 Å². The zero-order chi connectivity index (χ0) is 38.9. The number of halogens is 1. The molecule has 2 N–H and O–H groups in total. The molecular formula is C41H38FN9O5. The molecule has 0 spiro atoms. The summed E-state index contributed by atoms with van der Waals surface area (Å²) < 4.78 is 29.5. The average molecular weight is 756 g/mol. The maximum atomic E-state index is 16.8. The number of nitrogens with zero attached hydrogens (tertiary/aromatic N) is 8. The van der Waals surface area contributed by atoms with E-state index in [1.54, 1.807) is 52.2 Å². The standard InChI is InChI=1S/C41H38FN9O5/c1-55-35-8-4-3-7-27(35)29-18-28(25-6-5-11-50(24-25)37(53)9-12-51-13-10-45-47-51)38(42)39-30(29)19-33(46-39)41(54)49-16-14-48(15-17-49)40-26(22-43)23-44-32-21-34(52)36(56-2)20-31(32)40/h3-4,6-8,10,13,18-21,23,46,52H,5,9,11-12,14-17,24H2,1-2H3. The number of aromatic hydroxyl groups is 1. The number of fused-ring (bicyclic) bond motifs is 2. The number of ether oxygens (including phenoxy) is 2. The van der Waals surface area contributed by atoms with Gasteiger partial charge in [0.05, 0.1) is 49.2 Å². The Hall–Kier alpha value is -6.95. The molecule has 3 aromatic carbocycles. The third-order valence-corrected chi connectivity index (χ3v) is 10.5. The number of nitriles is 1. The molecule has 0 saturated carbocycles. The van der Waals surface area contributed by atoms with Crippen LogP contribution in [0.25, 0.3) is 38.5 Å². The summed E-state index contributed by atoms with van der Waals surface area (Å²) in [6.45, 7) is 2.63. The van der Waals surface area contributed by atoms with E-state index in [-0.39, 0.29) is 47.5 Å². The van der Waals surface area contributed by atoms with Gasteiger partial charge in [-0.3, -0.25) is 19.3 Å². The Bertz CT molecular complexity index is 2550. The Morgan fingerprint density at radius 2 is 1.77 bits per heavy atom. The second-order valence-electron chi connectivity index (χ2n) is 13.7. The number of hydrogen-bond acceptors (Lipinski definition) is 10. The fourth-order valence-electron chi connectivity index (χ4n) is 7.65. The smallest absolute Gasteiger partial charge is 0.270 e. The van der Waals surface area contributed by atoms with Crippen LogP contribution in [0.1, 0.15) is 34.5 Å². The number of benzene rings is 3. The molecule has 2 aliphatic heterocycles. The highest BCUT2D eigenvalue weighted by Crippen LogP contribution is 2.41. The van der Waals surface area contributed by atoms with Crippen molar-refractivity contribution < 1.29 is 28.6 Å². The van der Waals surface area contributed by atoms with Crippen LogP contribution in [-0.2, 0) is 11.3 Å². The Morgan fingerprint density at radius 1 is 0.964 bits per heavy atom. The van der Waals surface area contributed by atoms with Gasteiger partial charge in [0.25, 0.3) is 5.91 Å². The van der Waals surface area contributed by atoms with Crippen LogP contribution < -0.4 is 14.4 Å². The van der Waals surface area contributed by atoms with Crippen LogP contribution in [0.4, 0.5) is 10.1 Å². The molecule has 14 nitrogen and oxygen atoms in total. The van der Waals surface area contributed by atoms with Crippen LogP contribution in [0.3, 0.4) is 0 Å². The van der Waals surface area contributed by atoms with Gasteiger partial charge in [0.1, 0.15) is 17.5 Å². The first-order valence-electron chi connectivity index (χ1n) is 18.2. The molecule has 15 heteroatoms. The Kier molecular flexibility index (Phi) is 9.69. The van der Waals surface area contributed by atoms with E-state index in [1.165, 1.54) is 19.4 Å². The minimum atomic E-state index is -0.513. The van der Waals surface area contributed by atoms with E-state index in [1.807, 2.05) is 35.2 Å². The first-order valence-corrected chi connectivity index (χ1v) is 18.2. The number of hydrogen-bond donors (Lipinski definition) is 2. The minimum Gasteiger partial charge on any atom is -0.504 e. The van der Waals surface area contributed by atoms with Crippen LogP contribution in [0, 0.1) is 17.1 Å². The molecule has 284 valence electrons. The van der Waals surface area contributed by atoms with E-state index in [4.69, 9.17) is 9.47 Å². The Balaban J connectivity index is 1.09. The number of aromatic amines is 1. The van der Waals surface area contributed by atoms with Crippen molar-refractivity contribution in [1.82, 2.24) is 34.8 Å². The molecule has 8 rings (SSSR count). The first kappa shape index (κ1) is 36.0. The van der Waals surface area contributed by atoms with Crippen molar-refractivity contribution in [2.24, 2.45) is 0 Å². The number of phenolic OH excluding ortho intramolecular Hbond substituents is 1. The number of aryl methyl sites for hydroxylation is 1. The van der Waals surface area contributed by atoms with Crippen LogP contribution in [0.5, 0.6) is 17.2 Å². The minimum absolute atomic E-state index is 0.0580. The molecule has 56 heavy (non-hydrogen) atoms. The maximum Gasteiger partial charge on any atom is 0.270 e. The van der Waals surface area contributed by atoms with Gasteiger partial charge < -0.3 is 34.3 Å². The van der Waals surface area contributed by atoms with Gasteiger partial charge in [-0.1, -0.05) is 29.5 Å². The van der Waals surface area contributed by atoms with Gasteiger partial charge in [0.2, 0.25) is 5.91 Å².